The molecule has 6 heteroatoms. The zero-order valence-corrected chi connectivity index (χ0v) is 11.3. The first-order valence-electron chi connectivity index (χ1n) is 5.93. The molecule has 2 aromatic rings. The van der Waals surface area contributed by atoms with Crippen LogP contribution in [0.4, 0.5) is 11.9 Å². The molecule has 0 amide bonds. The number of nitrogens with zero attached hydrogens (tertiary/aromatic N) is 3. The fourth-order valence-corrected chi connectivity index (χ4v) is 1.81. The molecule has 0 spiro atoms. The molecule has 0 radical (unpaired) electrons. The van der Waals surface area contributed by atoms with Crippen LogP contribution in [0.5, 0.6) is 5.75 Å². The van der Waals surface area contributed by atoms with Gasteiger partial charge in [0.2, 0.25) is 11.9 Å². The van der Waals surface area contributed by atoms with E-state index in [0.29, 0.717) is 5.82 Å². The van der Waals surface area contributed by atoms with E-state index in [9.17, 15) is 0 Å². The summed E-state index contributed by atoms with van der Waals surface area (Å²) in [5, 5.41) is 0. The first-order chi connectivity index (χ1) is 8.97. The third-order valence-corrected chi connectivity index (χ3v) is 2.94. The summed E-state index contributed by atoms with van der Waals surface area (Å²) in [5.41, 5.74) is 14.4. The Morgan fingerprint density at radius 3 is 2.16 bits per heavy atom. The van der Waals surface area contributed by atoms with E-state index in [2.05, 4.69) is 21.0 Å². The monoisotopic (exact) mass is 259 g/mol. The average molecular weight is 259 g/mol. The molecule has 1 aromatic carbocycles. The van der Waals surface area contributed by atoms with Crippen LogP contribution in [0.25, 0.3) is 0 Å². The maximum absolute atomic E-state index is 5.78. The predicted molar refractivity (Wildman–Crippen MR) is 73.6 cm³/mol. The summed E-state index contributed by atoms with van der Waals surface area (Å²) < 4.78 is 5.78. The lowest BCUT2D eigenvalue weighted by Gasteiger charge is -2.13. The zero-order chi connectivity index (χ0) is 14.0. The minimum absolute atomic E-state index is 0.101. The van der Waals surface area contributed by atoms with Crippen LogP contribution in [0, 0.1) is 20.8 Å². The molecule has 0 atom stereocenters. The number of hydrogen-bond acceptors (Lipinski definition) is 6. The van der Waals surface area contributed by atoms with Crippen LogP contribution >= 0.6 is 0 Å². The lowest BCUT2D eigenvalue weighted by Crippen LogP contribution is -2.10. The smallest absolute Gasteiger partial charge is 0.225 e. The topological polar surface area (TPSA) is 99.9 Å². The van der Waals surface area contributed by atoms with Gasteiger partial charge >= 0.3 is 0 Å². The molecule has 2 rings (SSSR count). The van der Waals surface area contributed by atoms with Gasteiger partial charge in [0.25, 0.3) is 0 Å². The number of aromatic nitrogens is 3. The van der Waals surface area contributed by atoms with Crippen LogP contribution in [-0.2, 0) is 6.61 Å². The molecular weight excluding hydrogens is 242 g/mol. The normalized spacial score (nSPS) is 10.5. The molecule has 1 aromatic heterocycles. The first kappa shape index (κ1) is 13.1. The van der Waals surface area contributed by atoms with Crippen molar-refractivity contribution in [1.29, 1.82) is 0 Å². The summed E-state index contributed by atoms with van der Waals surface area (Å²) >= 11 is 0. The second-order valence-corrected chi connectivity index (χ2v) is 4.41. The van der Waals surface area contributed by atoms with Gasteiger partial charge < -0.3 is 16.2 Å². The highest BCUT2D eigenvalue weighted by Gasteiger charge is 2.08. The van der Waals surface area contributed by atoms with E-state index < -0.39 is 0 Å². The predicted octanol–water partition coefficient (Wildman–Crippen LogP) is 1.54. The third-order valence-electron chi connectivity index (χ3n) is 2.94. The molecule has 100 valence electrons. The molecular formula is C13H17N5O. The minimum atomic E-state index is 0.101. The van der Waals surface area contributed by atoms with Gasteiger partial charge in [-0.25, -0.2) is 0 Å². The molecule has 0 saturated heterocycles. The second-order valence-electron chi connectivity index (χ2n) is 4.41. The third kappa shape index (κ3) is 2.90. The van der Waals surface area contributed by atoms with Gasteiger partial charge in [0.1, 0.15) is 12.4 Å². The van der Waals surface area contributed by atoms with Gasteiger partial charge in [0.15, 0.2) is 5.82 Å². The number of rotatable bonds is 3. The second kappa shape index (κ2) is 5.09. The Bertz CT molecular complexity index is 592. The fraction of sp³-hybridized carbons (Fsp3) is 0.308. The van der Waals surface area contributed by atoms with Crippen molar-refractivity contribution in [3.63, 3.8) is 0 Å². The quantitative estimate of drug-likeness (QED) is 0.867. The number of ether oxygens (including phenoxy) is 1. The van der Waals surface area contributed by atoms with Crippen LogP contribution in [0.1, 0.15) is 22.5 Å². The number of nitrogens with two attached hydrogens (primary N) is 2. The van der Waals surface area contributed by atoms with Gasteiger partial charge in [-0.15, -0.1) is 0 Å². The van der Waals surface area contributed by atoms with Crippen molar-refractivity contribution in [3.8, 4) is 5.75 Å². The summed E-state index contributed by atoms with van der Waals surface area (Å²) in [6, 6.07) is 4.09. The standard InChI is InChI=1S/C13H17N5O/c1-7-4-5-8(2)11(9(7)3)19-6-10-16-12(14)18-13(15)17-10/h4-5H,6H2,1-3H3,(H4,14,15,16,17,18). The van der Waals surface area contributed by atoms with Crippen LogP contribution in [0.15, 0.2) is 12.1 Å². The van der Waals surface area contributed by atoms with E-state index in [-0.39, 0.29) is 18.5 Å². The van der Waals surface area contributed by atoms with E-state index in [4.69, 9.17) is 16.2 Å². The SMILES string of the molecule is Cc1ccc(C)c(OCc2nc(N)nc(N)n2)c1C. The summed E-state index contributed by atoms with van der Waals surface area (Å²) in [4.78, 5) is 11.7. The van der Waals surface area contributed by atoms with Crippen LogP contribution in [-0.4, -0.2) is 15.0 Å². The maximum Gasteiger partial charge on any atom is 0.225 e. The van der Waals surface area contributed by atoms with Crippen molar-refractivity contribution < 1.29 is 4.74 Å². The van der Waals surface area contributed by atoms with Gasteiger partial charge in [-0.05, 0) is 37.5 Å². The van der Waals surface area contributed by atoms with E-state index >= 15 is 0 Å². The van der Waals surface area contributed by atoms with Gasteiger partial charge in [0.05, 0.1) is 0 Å². The Hall–Kier alpha value is -2.37. The van der Waals surface area contributed by atoms with Crippen LogP contribution in [0.2, 0.25) is 0 Å². The van der Waals surface area contributed by atoms with Crippen molar-refractivity contribution >= 4 is 11.9 Å². The zero-order valence-electron chi connectivity index (χ0n) is 11.3. The van der Waals surface area contributed by atoms with Gasteiger partial charge in [-0.1, -0.05) is 12.1 Å². The van der Waals surface area contributed by atoms with Crippen LogP contribution < -0.4 is 16.2 Å². The molecule has 0 saturated carbocycles. The Morgan fingerprint density at radius 2 is 1.53 bits per heavy atom. The van der Waals surface area contributed by atoms with E-state index in [1.165, 1.54) is 5.56 Å². The number of aryl methyl sites for hydroxylation is 2. The van der Waals surface area contributed by atoms with Gasteiger partial charge in [0, 0.05) is 0 Å². The molecule has 4 N–H and O–H groups in total. The summed E-state index contributed by atoms with van der Waals surface area (Å²) in [6.45, 7) is 6.27. The average Bonchev–Trinajstić information content (AvgIpc) is 2.33. The lowest BCUT2D eigenvalue weighted by atomic mass is 10.1. The van der Waals surface area contributed by atoms with Crippen molar-refractivity contribution in [2.45, 2.75) is 27.4 Å². The highest BCUT2D eigenvalue weighted by molar-refractivity contribution is 5.44. The van der Waals surface area contributed by atoms with Gasteiger partial charge in [-0.2, -0.15) is 15.0 Å². The summed E-state index contributed by atoms with van der Waals surface area (Å²) in [5.74, 6) is 1.47. The molecule has 0 bridgehead atoms. The fourth-order valence-electron chi connectivity index (χ4n) is 1.81. The van der Waals surface area contributed by atoms with Crippen molar-refractivity contribution in [1.82, 2.24) is 15.0 Å². The Kier molecular flexibility index (Phi) is 3.50. The van der Waals surface area contributed by atoms with Crippen molar-refractivity contribution in [2.75, 3.05) is 11.5 Å². The molecule has 0 aliphatic carbocycles. The molecule has 1 heterocycles. The molecule has 0 aliphatic heterocycles. The van der Waals surface area contributed by atoms with E-state index in [0.717, 1.165) is 16.9 Å². The summed E-state index contributed by atoms with van der Waals surface area (Å²) in [7, 11) is 0. The van der Waals surface area contributed by atoms with E-state index in [1.807, 2.05) is 26.8 Å². The molecule has 6 nitrogen and oxygen atoms in total. The molecule has 0 unspecified atom stereocenters. The van der Waals surface area contributed by atoms with Crippen LogP contribution in [0.3, 0.4) is 0 Å². The lowest BCUT2D eigenvalue weighted by molar-refractivity contribution is 0.291. The number of nitrogen functional groups attached to an aromatic ring is 2. The van der Waals surface area contributed by atoms with E-state index in [1.54, 1.807) is 0 Å². The summed E-state index contributed by atoms with van der Waals surface area (Å²) in [6.07, 6.45) is 0. The maximum atomic E-state index is 5.78. The Morgan fingerprint density at radius 1 is 0.947 bits per heavy atom. The molecule has 0 aliphatic rings. The van der Waals surface area contributed by atoms with Gasteiger partial charge in [-0.3, -0.25) is 0 Å². The largest absolute Gasteiger partial charge is 0.485 e. The number of benzene rings is 1. The first-order valence-corrected chi connectivity index (χ1v) is 5.93. The number of hydrogen-bond donors (Lipinski definition) is 2. The Balaban J connectivity index is 2.21. The molecule has 0 fully saturated rings. The van der Waals surface area contributed by atoms with Crippen molar-refractivity contribution in [2.24, 2.45) is 0 Å². The van der Waals surface area contributed by atoms with Crippen molar-refractivity contribution in [3.05, 3.63) is 34.6 Å². The Labute approximate surface area is 111 Å². The minimum Gasteiger partial charge on any atom is -0.485 e. The highest BCUT2D eigenvalue weighted by Crippen LogP contribution is 2.26. The molecule has 19 heavy (non-hydrogen) atoms. The number of anilines is 2. The highest BCUT2D eigenvalue weighted by atomic mass is 16.5.